The topological polar surface area (TPSA) is 44.2 Å². The van der Waals surface area contributed by atoms with Crippen molar-refractivity contribution in [1.82, 2.24) is 9.97 Å². The Morgan fingerprint density at radius 1 is 1.04 bits per heavy atom. The quantitative estimate of drug-likeness (QED) is 0.611. The van der Waals surface area contributed by atoms with Crippen LogP contribution in [0.2, 0.25) is 0 Å². The molecule has 1 heterocycles. The smallest absolute Gasteiger partial charge is 0.416 e. The normalized spacial score (nSPS) is 11.8. The fraction of sp³-hybridized carbons (Fsp3) is 0.176. The summed E-state index contributed by atoms with van der Waals surface area (Å²) in [5, 5.41) is 0. The van der Waals surface area contributed by atoms with Crippen LogP contribution in [0, 0.1) is 0 Å². The van der Waals surface area contributed by atoms with Crippen LogP contribution in [-0.4, -0.2) is 23.7 Å². The Morgan fingerprint density at radius 3 is 2.31 bits per heavy atom. The van der Waals surface area contributed by atoms with Crippen molar-refractivity contribution in [3.8, 4) is 22.8 Å². The van der Waals surface area contributed by atoms with Gasteiger partial charge >= 0.3 is 12.8 Å². The molecule has 0 amide bonds. The van der Waals surface area contributed by atoms with Gasteiger partial charge in [0.2, 0.25) is 5.88 Å². The van der Waals surface area contributed by atoms with Crippen LogP contribution in [-0.2, 0) is 6.18 Å². The van der Waals surface area contributed by atoms with Gasteiger partial charge in [-0.3, -0.25) is 0 Å². The summed E-state index contributed by atoms with van der Waals surface area (Å²) in [6.45, 7) is -3.12. The number of alkyl halides is 5. The van der Waals surface area contributed by atoms with Crippen LogP contribution in [0.25, 0.3) is 22.2 Å². The lowest BCUT2D eigenvalue weighted by molar-refractivity contribution is -0.137. The van der Waals surface area contributed by atoms with E-state index >= 15 is 0 Å². The highest BCUT2D eigenvalue weighted by Crippen LogP contribution is 2.37. The second-order valence-corrected chi connectivity index (χ2v) is 5.20. The first-order chi connectivity index (χ1) is 12.3. The average Bonchev–Trinajstić information content (AvgIpc) is 2.59. The van der Waals surface area contributed by atoms with Gasteiger partial charge in [-0.2, -0.15) is 22.0 Å². The van der Waals surface area contributed by atoms with Crippen LogP contribution >= 0.6 is 0 Å². The van der Waals surface area contributed by atoms with Crippen LogP contribution in [0.5, 0.6) is 11.6 Å². The highest BCUT2D eigenvalue weighted by atomic mass is 19.4. The van der Waals surface area contributed by atoms with E-state index in [4.69, 9.17) is 4.74 Å². The van der Waals surface area contributed by atoms with Crippen molar-refractivity contribution < 1.29 is 31.4 Å². The molecule has 0 aliphatic heterocycles. The molecule has 0 aliphatic rings. The van der Waals surface area contributed by atoms with Gasteiger partial charge < -0.3 is 9.47 Å². The Morgan fingerprint density at radius 2 is 1.73 bits per heavy atom. The minimum absolute atomic E-state index is 0.0151. The van der Waals surface area contributed by atoms with E-state index in [1.807, 2.05) is 0 Å². The maximum Gasteiger partial charge on any atom is 0.416 e. The van der Waals surface area contributed by atoms with Crippen molar-refractivity contribution in [1.29, 1.82) is 0 Å². The molecule has 9 heteroatoms. The number of hydrogen-bond acceptors (Lipinski definition) is 4. The summed E-state index contributed by atoms with van der Waals surface area (Å²) in [5.41, 5.74) is -0.517. The molecule has 3 aromatic rings. The first-order valence-electron chi connectivity index (χ1n) is 7.25. The lowest BCUT2D eigenvalue weighted by atomic mass is 10.0. The van der Waals surface area contributed by atoms with E-state index < -0.39 is 24.2 Å². The number of methoxy groups -OCH3 is 1. The number of ether oxygens (including phenoxy) is 2. The Kier molecular flexibility index (Phi) is 4.62. The largest absolute Gasteiger partial charge is 0.497 e. The highest BCUT2D eigenvalue weighted by Gasteiger charge is 2.32. The van der Waals surface area contributed by atoms with Crippen molar-refractivity contribution in [3.63, 3.8) is 0 Å². The van der Waals surface area contributed by atoms with E-state index in [9.17, 15) is 22.0 Å². The second kappa shape index (κ2) is 6.74. The van der Waals surface area contributed by atoms with Gasteiger partial charge in [0, 0.05) is 5.56 Å². The van der Waals surface area contributed by atoms with E-state index in [1.165, 1.54) is 19.2 Å². The van der Waals surface area contributed by atoms with Crippen LogP contribution in [0.4, 0.5) is 22.0 Å². The average molecular weight is 370 g/mol. The Bertz CT molecular complexity index is 927. The lowest BCUT2D eigenvalue weighted by Gasteiger charge is -2.13. The first kappa shape index (κ1) is 17.8. The van der Waals surface area contributed by atoms with E-state index in [0.717, 1.165) is 18.3 Å². The van der Waals surface area contributed by atoms with E-state index in [2.05, 4.69) is 14.7 Å². The van der Waals surface area contributed by atoms with Crippen molar-refractivity contribution in [3.05, 3.63) is 48.2 Å². The number of halogens is 5. The zero-order valence-corrected chi connectivity index (χ0v) is 13.2. The summed E-state index contributed by atoms with van der Waals surface area (Å²) in [7, 11) is 1.45. The van der Waals surface area contributed by atoms with Crippen LogP contribution in [0.3, 0.4) is 0 Å². The van der Waals surface area contributed by atoms with Gasteiger partial charge in [-0.1, -0.05) is 12.1 Å². The number of rotatable bonds is 4. The van der Waals surface area contributed by atoms with Crippen LogP contribution < -0.4 is 9.47 Å². The number of benzene rings is 2. The van der Waals surface area contributed by atoms with E-state index in [1.54, 1.807) is 12.1 Å². The summed E-state index contributed by atoms with van der Waals surface area (Å²) in [5.74, 6) is 0.0276. The summed E-state index contributed by atoms with van der Waals surface area (Å²) in [4.78, 5) is 7.68. The molecule has 0 atom stereocenters. The molecule has 0 aliphatic carbocycles. The molecule has 0 N–H and O–H groups in total. The Balaban J connectivity index is 2.23. The zero-order valence-electron chi connectivity index (χ0n) is 13.2. The summed E-state index contributed by atoms with van der Waals surface area (Å²) >= 11 is 0. The van der Waals surface area contributed by atoms with E-state index in [-0.39, 0.29) is 16.6 Å². The number of aromatic nitrogens is 2. The maximum atomic E-state index is 13.2. The fourth-order valence-electron chi connectivity index (χ4n) is 2.40. The molecular weight excluding hydrogens is 359 g/mol. The predicted octanol–water partition coefficient (Wildman–Crippen LogP) is 4.93. The molecule has 136 valence electrons. The third-order valence-electron chi connectivity index (χ3n) is 3.56. The van der Waals surface area contributed by atoms with Crippen molar-refractivity contribution in [2.45, 2.75) is 12.8 Å². The SMILES string of the molecule is COc1ccc(-c2cc(C(F)(F)F)cc3ncc(OC(F)F)nc23)cc1. The second-order valence-electron chi connectivity index (χ2n) is 5.20. The van der Waals surface area contributed by atoms with Gasteiger partial charge in [-0.25, -0.2) is 9.97 Å². The summed E-state index contributed by atoms with van der Waals surface area (Å²) in [6, 6.07) is 7.90. The monoisotopic (exact) mass is 370 g/mol. The molecule has 26 heavy (non-hydrogen) atoms. The molecule has 3 rings (SSSR count). The molecule has 0 saturated heterocycles. The number of fused-ring (bicyclic) bond motifs is 1. The zero-order chi connectivity index (χ0) is 18.9. The molecule has 0 fully saturated rings. The Labute approximate surface area is 144 Å². The van der Waals surface area contributed by atoms with Gasteiger partial charge in [0.15, 0.2) is 0 Å². The Hall–Kier alpha value is -2.97. The molecule has 0 spiro atoms. The van der Waals surface area contributed by atoms with Gasteiger partial charge in [-0.15, -0.1) is 0 Å². The first-order valence-corrected chi connectivity index (χ1v) is 7.25. The molecule has 0 saturated carbocycles. The van der Waals surface area contributed by atoms with Gasteiger partial charge in [0.25, 0.3) is 0 Å². The van der Waals surface area contributed by atoms with E-state index in [0.29, 0.717) is 11.3 Å². The van der Waals surface area contributed by atoms with Crippen LogP contribution in [0.1, 0.15) is 5.56 Å². The minimum Gasteiger partial charge on any atom is -0.497 e. The number of hydrogen-bond donors (Lipinski definition) is 0. The minimum atomic E-state index is -4.60. The molecular formula is C17H11F5N2O2. The lowest BCUT2D eigenvalue weighted by Crippen LogP contribution is -2.07. The van der Waals surface area contributed by atoms with Crippen molar-refractivity contribution >= 4 is 11.0 Å². The summed E-state index contributed by atoms with van der Waals surface area (Å²) < 4.78 is 73.6. The standard InChI is InChI=1S/C17H11F5N2O2/c1-25-11-4-2-9(3-5-11)12-6-10(17(20,21)22)7-13-15(12)24-14(8-23-13)26-16(18)19/h2-8,16H,1H3. The third kappa shape index (κ3) is 3.66. The molecule has 1 aromatic heterocycles. The fourth-order valence-corrected chi connectivity index (χ4v) is 2.40. The highest BCUT2D eigenvalue weighted by molar-refractivity contribution is 5.92. The molecule has 4 nitrogen and oxygen atoms in total. The van der Waals surface area contributed by atoms with Crippen molar-refractivity contribution in [2.24, 2.45) is 0 Å². The molecule has 0 radical (unpaired) electrons. The van der Waals surface area contributed by atoms with Crippen LogP contribution in [0.15, 0.2) is 42.6 Å². The maximum absolute atomic E-state index is 13.2. The van der Waals surface area contributed by atoms with Gasteiger partial charge in [0.1, 0.15) is 11.3 Å². The number of nitrogens with zero attached hydrogens (tertiary/aromatic N) is 2. The molecule has 2 aromatic carbocycles. The molecule has 0 unspecified atom stereocenters. The van der Waals surface area contributed by atoms with Gasteiger partial charge in [-0.05, 0) is 29.8 Å². The van der Waals surface area contributed by atoms with Crippen molar-refractivity contribution in [2.75, 3.05) is 7.11 Å². The predicted molar refractivity (Wildman–Crippen MR) is 83.2 cm³/mol. The summed E-state index contributed by atoms with van der Waals surface area (Å²) in [6.07, 6.45) is -3.75. The third-order valence-corrected chi connectivity index (χ3v) is 3.56. The molecule has 0 bridgehead atoms. The van der Waals surface area contributed by atoms with Gasteiger partial charge in [0.05, 0.1) is 24.4 Å².